The van der Waals surface area contributed by atoms with Crippen LogP contribution in [0.15, 0.2) is 36.5 Å². The maximum atomic E-state index is 4.43. The predicted octanol–water partition coefficient (Wildman–Crippen LogP) is 3.48. The summed E-state index contributed by atoms with van der Waals surface area (Å²) in [7, 11) is 0. The van der Waals surface area contributed by atoms with Crippen molar-refractivity contribution in [3.8, 4) is 0 Å². The Labute approximate surface area is 108 Å². The lowest BCUT2D eigenvalue weighted by Gasteiger charge is -2.13. The van der Waals surface area contributed by atoms with Crippen LogP contribution in [0.5, 0.6) is 0 Å². The average molecular weight is 240 g/mol. The van der Waals surface area contributed by atoms with E-state index in [1.165, 1.54) is 30.2 Å². The number of pyridine rings is 1. The smallest absolute Gasteiger partial charge is 0.0704 e. The van der Waals surface area contributed by atoms with Gasteiger partial charge in [-0.05, 0) is 49.4 Å². The van der Waals surface area contributed by atoms with Gasteiger partial charge in [-0.1, -0.05) is 25.1 Å². The van der Waals surface area contributed by atoms with Gasteiger partial charge in [0.2, 0.25) is 0 Å². The van der Waals surface area contributed by atoms with E-state index in [9.17, 15) is 0 Å². The van der Waals surface area contributed by atoms with Crippen LogP contribution in [0.2, 0.25) is 0 Å². The van der Waals surface area contributed by atoms with Gasteiger partial charge in [-0.15, -0.1) is 0 Å². The van der Waals surface area contributed by atoms with Crippen molar-refractivity contribution in [3.63, 3.8) is 0 Å². The van der Waals surface area contributed by atoms with Crippen molar-refractivity contribution in [2.75, 3.05) is 6.54 Å². The van der Waals surface area contributed by atoms with Gasteiger partial charge in [0.05, 0.1) is 5.52 Å². The molecule has 1 aromatic carbocycles. The third kappa shape index (κ3) is 2.70. The summed E-state index contributed by atoms with van der Waals surface area (Å²) in [6.07, 6.45) is 5.81. The lowest BCUT2D eigenvalue weighted by molar-refractivity contribution is 0.592. The van der Waals surface area contributed by atoms with Gasteiger partial charge in [0, 0.05) is 17.6 Å². The average Bonchev–Trinajstić information content (AvgIpc) is 3.22. The second-order valence-electron chi connectivity index (χ2n) is 5.37. The van der Waals surface area contributed by atoms with Crippen molar-refractivity contribution < 1.29 is 0 Å². The van der Waals surface area contributed by atoms with Crippen LogP contribution in [-0.4, -0.2) is 17.6 Å². The molecule has 94 valence electrons. The Hall–Kier alpha value is -1.41. The van der Waals surface area contributed by atoms with Crippen LogP contribution < -0.4 is 5.32 Å². The summed E-state index contributed by atoms with van der Waals surface area (Å²) in [5.74, 6) is 0.600. The zero-order valence-electron chi connectivity index (χ0n) is 10.9. The lowest BCUT2D eigenvalue weighted by atomic mass is 9.96. The second kappa shape index (κ2) is 5.07. The molecule has 1 unspecified atom stereocenters. The minimum Gasteiger partial charge on any atom is -0.314 e. The molecule has 3 rings (SSSR count). The van der Waals surface area contributed by atoms with E-state index in [-0.39, 0.29) is 0 Å². The fourth-order valence-corrected chi connectivity index (χ4v) is 2.35. The van der Waals surface area contributed by atoms with Crippen molar-refractivity contribution in [2.24, 2.45) is 0 Å². The normalized spacial score (nSPS) is 16.9. The van der Waals surface area contributed by atoms with Crippen molar-refractivity contribution >= 4 is 10.9 Å². The van der Waals surface area contributed by atoms with E-state index in [0.29, 0.717) is 5.92 Å². The summed E-state index contributed by atoms with van der Waals surface area (Å²) in [4.78, 5) is 4.43. The van der Waals surface area contributed by atoms with Crippen molar-refractivity contribution in [2.45, 2.75) is 38.1 Å². The molecule has 2 heteroatoms. The zero-order valence-corrected chi connectivity index (χ0v) is 10.9. The number of fused-ring (bicyclic) bond motifs is 1. The highest BCUT2D eigenvalue weighted by atomic mass is 14.9. The molecule has 0 saturated heterocycles. The molecule has 0 radical (unpaired) electrons. The number of hydrogen-bond donors (Lipinski definition) is 1. The van der Waals surface area contributed by atoms with Crippen LogP contribution in [0.4, 0.5) is 0 Å². The number of benzene rings is 1. The van der Waals surface area contributed by atoms with Crippen molar-refractivity contribution in [1.29, 1.82) is 0 Å². The lowest BCUT2D eigenvalue weighted by Crippen LogP contribution is -2.18. The molecular weight excluding hydrogens is 220 g/mol. The summed E-state index contributed by atoms with van der Waals surface area (Å²) >= 11 is 0. The molecule has 0 bridgehead atoms. The summed E-state index contributed by atoms with van der Waals surface area (Å²) in [5.41, 5.74) is 2.51. The van der Waals surface area contributed by atoms with Gasteiger partial charge in [-0.2, -0.15) is 0 Å². The summed E-state index contributed by atoms with van der Waals surface area (Å²) in [6.45, 7) is 3.44. The van der Waals surface area contributed by atoms with Crippen LogP contribution in [-0.2, 0) is 0 Å². The van der Waals surface area contributed by atoms with Gasteiger partial charge < -0.3 is 5.32 Å². The van der Waals surface area contributed by atoms with Crippen LogP contribution in [0, 0.1) is 0 Å². The Bertz CT molecular complexity index is 531. The monoisotopic (exact) mass is 240 g/mol. The van der Waals surface area contributed by atoms with E-state index in [2.05, 4.69) is 41.5 Å². The van der Waals surface area contributed by atoms with Gasteiger partial charge in [-0.25, -0.2) is 0 Å². The highest BCUT2D eigenvalue weighted by Gasteiger charge is 2.20. The minimum absolute atomic E-state index is 0.600. The first kappa shape index (κ1) is 11.7. The first-order valence-corrected chi connectivity index (χ1v) is 6.91. The molecule has 0 amide bonds. The first-order chi connectivity index (χ1) is 8.83. The van der Waals surface area contributed by atoms with Gasteiger partial charge in [0.15, 0.2) is 0 Å². The van der Waals surface area contributed by atoms with E-state index < -0.39 is 0 Å². The molecular formula is C16H20N2. The van der Waals surface area contributed by atoms with Crippen LogP contribution >= 0.6 is 0 Å². The molecule has 1 aromatic heterocycles. The standard InChI is InChI=1S/C16H20N2/c1-12(8-10-17-15-6-7-15)14-5-4-13-3-2-9-18-16(13)11-14/h2-5,9,11-12,15,17H,6-8,10H2,1H3. The van der Waals surface area contributed by atoms with E-state index in [1.807, 2.05) is 12.3 Å². The highest BCUT2D eigenvalue weighted by Crippen LogP contribution is 2.23. The summed E-state index contributed by atoms with van der Waals surface area (Å²) in [5, 5.41) is 4.81. The minimum atomic E-state index is 0.600. The molecule has 18 heavy (non-hydrogen) atoms. The van der Waals surface area contributed by atoms with Gasteiger partial charge in [0.25, 0.3) is 0 Å². The maximum absolute atomic E-state index is 4.43. The molecule has 1 N–H and O–H groups in total. The van der Waals surface area contributed by atoms with Gasteiger partial charge in [-0.3, -0.25) is 4.98 Å². The largest absolute Gasteiger partial charge is 0.314 e. The fraction of sp³-hybridized carbons (Fsp3) is 0.438. The van der Waals surface area contributed by atoms with E-state index >= 15 is 0 Å². The molecule has 1 aliphatic carbocycles. The molecule has 1 heterocycles. The topological polar surface area (TPSA) is 24.9 Å². The Kier molecular flexibility index (Phi) is 3.28. The molecule has 1 fully saturated rings. The molecule has 2 aromatic rings. The quantitative estimate of drug-likeness (QED) is 0.865. The van der Waals surface area contributed by atoms with Gasteiger partial charge in [0.1, 0.15) is 0 Å². The number of aromatic nitrogens is 1. The predicted molar refractivity (Wildman–Crippen MR) is 75.8 cm³/mol. The first-order valence-electron chi connectivity index (χ1n) is 6.91. The van der Waals surface area contributed by atoms with E-state index in [0.717, 1.165) is 18.1 Å². The van der Waals surface area contributed by atoms with Crippen molar-refractivity contribution in [1.82, 2.24) is 10.3 Å². The number of hydrogen-bond acceptors (Lipinski definition) is 2. The second-order valence-corrected chi connectivity index (χ2v) is 5.37. The Morgan fingerprint density at radius 1 is 1.33 bits per heavy atom. The maximum Gasteiger partial charge on any atom is 0.0704 e. The third-order valence-electron chi connectivity index (χ3n) is 3.79. The summed E-state index contributed by atoms with van der Waals surface area (Å²) in [6, 6.07) is 11.6. The Morgan fingerprint density at radius 3 is 3.06 bits per heavy atom. The SMILES string of the molecule is CC(CCNC1CC1)c1ccc2cccnc2c1. The fourth-order valence-electron chi connectivity index (χ4n) is 2.35. The number of rotatable bonds is 5. The van der Waals surface area contributed by atoms with Crippen LogP contribution in [0.1, 0.15) is 37.7 Å². The Balaban J connectivity index is 1.67. The highest BCUT2D eigenvalue weighted by molar-refractivity contribution is 5.78. The zero-order chi connectivity index (χ0) is 12.4. The van der Waals surface area contributed by atoms with Gasteiger partial charge >= 0.3 is 0 Å². The van der Waals surface area contributed by atoms with Crippen molar-refractivity contribution in [3.05, 3.63) is 42.1 Å². The third-order valence-corrected chi connectivity index (χ3v) is 3.79. The molecule has 2 nitrogen and oxygen atoms in total. The number of nitrogens with one attached hydrogen (secondary N) is 1. The Morgan fingerprint density at radius 2 is 2.22 bits per heavy atom. The molecule has 0 aliphatic heterocycles. The number of nitrogens with zero attached hydrogens (tertiary/aromatic N) is 1. The van der Waals surface area contributed by atoms with Crippen LogP contribution in [0.25, 0.3) is 10.9 Å². The molecule has 1 aliphatic rings. The molecule has 0 spiro atoms. The molecule has 1 atom stereocenters. The molecule has 1 saturated carbocycles. The summed E-state index contributed by atoms with van der Waals surface area (Å²) < 4.78 is 0. The van der Waals surface area contributed by atoms with Crippen LogP contribution in [0.3, 0.4) is 0 Å². The van der Waals surface area contributed by atoms with E-state index in [4.69, 9.17) is 0 Å². The van der Waals surface area contributed by atoms with E-state index in [1.54, 1.807) is 0 Å².